The van der Waals surface area contributed by atoms with Gasteiger partial charge in [0, 0.05) is 11.3 Å². The third-order valence-corrected chi connectivity index (χ3v) is 3.14. The molecule has 5 heteroatoms. The van der Waals surface area contributed by atoms with Gasteiger partial charge in [0.15, 0.2) is 0 Å². The molecule has 0 N–H and O–H groups in total. The highest BCUT2D eigenvalue weighted by atomic mass is 79.9. The summed E-state index contributed by atoms with van der Waals surface area (Å²) >= 11 is 6.23. The number of aromatic nitrogens is 1. The lowest BCUT2D eigenvalue weighted by molar-refractivity contribution is 0.150. The maximum Gasteiger partial charge on any atom is 0.265 e. The number of hydrogen-bond acceptors (Lipinski definition) is 1. The third-order valence-electron chi connectivity index (χ3n) is 1.40. The van der Waals surface area contributed by atoms with E-state index in [0.717, 1.165) is 0 Å². The molecule has 0 amide bonds. The maximum absolute atomic E-state index is 12.3. The molecule has 0 aromatic carbocycles. The molecule has 1 aromatic rings. The topological polar surface area (TPSA) is 12.9 Å². The van der Waals surface area contributed by atoms with Gasteiger partial charge in [-0.15, -0.1) is 0 Å². The van der Waals surface area contributed by atoms with E-state index in [1.807, 2.05) is 0 Å². The average Bonchev–Trinajstić information content (AvgIpc) is 1.96. The molecule has 0 fully saturated rings. The van der Waals surface area contributed by atoms with E-state index in [-0.39, 0.29) is 5.56 Å². The summed E-state index contributed by atoms with van der Waals surface area (Å²) in [6, 6.07) is 1.37. The second kappa shape index (κ2) is 3.79. The Hall–Kier alpha value is -0.0300. The van der Waals surface area contributed by atoms with E-state index in [4.69, 9.17) is 0 Å². The first-order valence-corrected chi connectivity index (χ1v) is 4.71. The Morgan fingerprint density at radius 2 is 2.00 bits per heavy atom. The van der Waals surface area contributed by atoms with Crippen molar-refractivity contribution in [1.82, 2.24) is 4.98 Å². The van der Waals surface area contributed by atoms with Gasteiger partial charge in [-0.25, -0.2) is 13.8 Å². The van der Waals surface area contributed by atoms with Gasteiger partial charge in [0.25, 0.3) is 6.43 Å². The molecule has 66 valence electrons. The van der Waals surface area contributed by atoms with Crippen molar-refractivity contribution in [3.63, 3.8) is 0 Å². The van der Waals surface area contributed by atoms with Crippen molar-refractivity contribution in [3.05, 3.63) is 26.4 Å². The molecule has 0 unspecified atom stereocenters. The van der Waals surface area contributed by atoms with Crippen LogP contribution in [0.4, 0.5) is 8.78 Å². The normalized spacial score (nSPS) is 10.8. The highest BCUT2D eigenvalue weighted by Crippen LogP contribution is 2.28. The molecule has 1 aromatic heterocycles. The molecular formula is C7H5Br2F2N. The van der Waals surface area contributed by atoms with Crippen molar-refractivity contribution in [1.29, 1.82) is 0 Å². The number of pyridine rings is 1. The van der Waals surface area contributed by atoms with Gasteiger partial charge in [-0.3, -0.25) is 0 Å². The van der Waals surface area contributed by atoms with Crippen LogP contribution in [0.1, 0.15) is 17.7 Å². The zero-order valence-electron chi connectivity index (χ0n) is 6.11. The first-order chi connectivity index (χ1) is 5.52. The van der Waals surface area contributed by atoms with Crippen LogP contribution in [0.3, 0.4) is 0 Å². The Kier molecular flexibility index (Phi) is 3.17. The van der Waals surface area contributed by atoms with E-state index in [9.17, 15) is 8.78 Å². The molecule has 0 saturated carbocycles. The number of aryl methyl sites for hydroxylation is 1. The highest BCUT2D eigenvalue weighted by molar-refractivity contribution is 9.13. The molecule has 0 spiro atoms. The quantitative estimate of drug-likeness (QED) is 0.718. The molecule has 0 radical (unpaired) electrons. The van der Waals surface area contributed by atoms with Crippen molar-refractivity contribution >= 4 is 31.9 Å². The van der Waals surface area contributed by atoms with E-state index in [1.165, 1.54) is 6.07 Å². The summed E-state index contributed by atoms with van der Waals surface area (Å²) in [5, 5.41) is 0. The van der Waals surface area contributed by atoms with Crippen LogP contribution in [0.25, 0.3) is 0 Å². The Bertz CT molecular complexity index is 302. The van der Waals surface area contributed by atoms with Gasteiger partial charge in [0.05, 0.1) is 4.47 Å². The van der Waals surface area contributed by atoms with Gasteiger partial charge in [0.1, 0.15) is 4.60 Å². The maximum atomic E-state index is 12.3. The summed E-state index contributed by atoms with van der Waals surface area (Å²) < 4.78 is 25.6. The van der Waals surface area contributed by atoms with Gasteiger partial charge in [-0.1, -0.05) is 0 Å². The lowest BCUT2D eigenvalue weighted by Crippen LogP contribution is -1.94. The molecule has 1 nitrogen and oxygen atoms in total. The van der Waals surface area contributed by atoms with Gasteiger partial charge in [-0.05, 0) is 44.8 Å². The lowest BCUT2D eigenvalue weighted by atomic mass is 10.2. The van der Waals surface area contributed by atoms with Crippen LogP contribution in [0.2, 0.25) is 0 Å². The Balaban J connectivity index is 3.23. The van der Waals surface area contributed by atoms with Gasteiger partial charge >= 0.3 is 0 Å². The second-order valence-electron chi connectivity index (χ2n) is 2.24. The number of rotatable bonds is 1. The Morgan fingerprint density at radius 1 is 1.42 bits per heavy atom. The second-order valence-corrected chi connectivity index (χ2v) is 3.84. The SMILES string of the molecule is Cc1nc(Br)c(Br)cc1C(F)F. The van der Waals surface area contributed by atoms with E-state index >= 15 is 0 Å². The fourth-order valence-electron chi connectivity index (χ4n) is 0.787. The van der Waals surface area contributed by atoms with E-state index in [2.05, 4.69) is 36.8 Å². The molecule has 0 aliphatic carbocycles. The van der Waals surface area contributed by atoms with E-state index < -0.39 is 6.43 Å². The number of nitrogens with zero attached hydrogens (tertiary/aromatic N) is 1. The van der Waals surface area contributed by atoms with Crippen LogP contribution in [-0.4, -0.2) is 4.98 Å². The minimum absolute atomic E-state index is 0.0370. The minimum Gasteiger partial charge on any atom is -0.245 e. The summed E-state index contributed by atoms with van der Waals surface area (Å²) in [4.78, 5) is 3.88. The van der Waals surface area contributed by atoms with Crippen LogP contribution < -0.4 is 0 Å². The van der Waals surface area contributed by atoms with Crippen molar-refractivity contribution < 1.29 is 8.78 Å². The molecule has 1 heterocycles. The van der Waals surface area contributed by atoms with Crippen LogP contribution in [-0.2, 0) is 0 Å². The summed E-state index contributed by atoms with van der Waals surface area (Å²) in [6.45, 7) is 1.55. The van der Waals surface area contributed by atoms with E-state index in [1.54, 1.807) is 6.92 Å². The zero-order valence-corrected chi connectivity index (χ0v) is 9.29. The Labute approximate surface area is 85.4 Å². The van der Waals surface area contributed by atoms with Gasteiger partial charge in [-0.2, -0.15) is 0 Å². The first kappa shape index (κ1) is 10.1. The fraction of sp³-hybridized carbons (Fsp3) is 0.286. The molecule has 0 aliphatic heterocycles. The van der Waals surface area contributed by atoms with Crippen LogP contribution in [0.15, 0.2) is 15.1 Å². The summed E-state index contributed by atoms with van der Waals surface area (Å²) in [5.74, 6) is 0. The molecule has 0 bridgehead atoms. The van der Waals surface area contributed by atoms with E-state index in [0.29, 0.717) is 14.8 Å². The third kappa shape index (κ3) is 2.01. The highest BCUT2D eigenvalue weighted by Gasteiger charge is 2.13. The summed E-state index contributed by atoms with van der Waals surface area (Å²) in [6.07, 6.45) is -2.47. The largest absolute Gasteiger partial charge is 0.265 e. The number of hydrogen-bond donors (Lipinski definition) is 0. The van der Waals surface area contributed by atoms with Crippen LogP contribution in [0.5, 0.6) is 0 Å². The number of alkyl halides is 2. The molecule has 0 aliphatic rings. The average molecular weight is 301 g/mol. The van der Waals surface area contributed by atoms with Crippen LogP contribution >= 0.6 is 31.9 Å². The number of halogens is 4. The van der Waals surface area contributed by atoms with Crippen molar-refractivity contribution in [2.24, 2.45) is 0 Å². The predicted octanol–water partition coefficient (Wildman–Crippen LogP) is 3.85. The summed E-state index contributed by atoms with van der Waals surface area (Å²) in [7, 11) is 0. The lowest BCUT2D eigenvalue weighted by Gasteiger charge is -2.05. The van der Waals surface area contributed by atoms with Crippen molar-refractivity contribution in [3.8, 4) is 0 Å². The standard InChI is InChI=1S/C7H5Br2F2N/c1-3-4(7(10)11)2-5(8)6(9)12-3/h2,7H,1H3. The molecule has 12 heavy (non-hydrogen) atoms. The monoisotopic (exact) mass is 299 g/mol. The van der Waals surface area contributed by atoms with Crippen molar-refractivity contribution in [2.45, 2.75) is 13.3 Å². The zero-order chi connectivity index (χ0) is 9.30. The predicted molar refractivity (Wildman–Crippen MR) is 49.3 cm³/mol. The van der Waals surface area contributed by atoms with Crippen LogP contribution in [0, 0.1) is 6.92 Å². The first-order valence-electron chi connectivity index (χ1n) is 3.13. The van der Waals surface area contributed by atoms with Crippen molar-refractivity contribution in [2.75, 3.05) is 0 Å². The van der Waals surface area contributed by atoms with Gasteiger partial charge < -0.3 is 0 Å². The molecule has 0 saturated heterocycles. The molecular weight excluding hydrogens is 296 g/mol. The fourth-order valence-corrected chi connectivity index (χ4v) is 1.50. The summed E-state index contributed by atoms with van der Waals surface area (Å²) in [5.41, 5.74) is 0.310. The Morgan fingerprint density at radius 3 is 2.50 bits per heavy atom. The minimum atomic E-state index is -2.47. The van der Waals surface area contributed by atoms with Gasteiger partial charge in [0.2, 0.25) is 0 Å². The molecule has 0 atom stereocenters. The smallest absolute Gasteiger partial charge is 0.245 e. The molecule has 1 rings (SSSR count).